The molecule has 41 heavy (non-hydrogen) atoms. The summed E-state index contributed by atoms with van der Waals surface area (Å²) in [6.45, 7) is 17.4. The number of aliphatic hydroxyl groups is 1. The summed E-state index contributed by atoms with van der Waals surface area (Å²) in [5, 5.41) is 14.7. The highest BCUT2D eigenvalue weighted by atomic mass is 16.5. The molecular formula is C37H55NO3. The third kappa shape index (κ3) is 4.12. The highest BCUT2D eigenvalue weighted by Crippen LogP contribution is 2.74. The smallest absolute Gasteiger partial charge is 0.251 e. The van der Waals surface area contributed by atoms with Crippen molar-refractivity contribution in [1.29, 1.82) is 0 Å². The van der Waals surface area contributed by atoms with Gasteiger partial charge in [0.15, 0.2) is 0 Å². The van der Waals surface area contributed by atoms with Gasteiger partial charge < -0.3 is 15.2 Å². The quantitative estimate of drug-likeness (QED) is 0.365. The Bertz CT molecular complexity index is 1250. The highest BCUT2D eigenvalue weighted by Gasteiger charge is 2.68. The third-order valence-electron chi connectivity index (χ3n) is 14.3. The number of allylic oxidation sites excluding steroid dienone is 1. The van der Waals surface area contributed by atoms with E-state index in [4.69, 9.17) is 4.74 Å². The molecule has 1 aromatic carbocycles. The number of methoxy groups -OCH3 is 1. The lowest BCUT2D eigenvalue weighted by Crippen LogP contribution is -2.67. The molecule has 0 radical (unpaired) electrons. The molecule has 5 aliphatic rings. The molecule has 1 amide bonds. The van der Waals surface area contributed by atoms with E-state index in [1.54, 1.807) is 12.7 Å². The summed E-state index contributed by atoms with van der Waals surface area (Å²) in [5.74, 6) is 2.32. The molecule has 6 rings (SSSR count). The molecule has 0 aromatic heterocycles. The number of carbonyl (C=O) groups is 1. The van der Waals surface area contributed by atoms with E-state index >= 15 is 0 Å². The number of hydrogen-bond donors (Lipinski definition) is 2. The Balaban J connectivity index is 1.38. The number of amides is 1. The molecule has 0 bridgehead atoms. The number of aliphatic hydroxyl groups excluding tert-OH is 1. The van der Waals surface area contributed by atoms with Crippen molar-refractivity contribution in [1.82, 2.24) is 5.32 Å². The minimum Gasteiger partial charge on any atom is -0.497 e. The first-order valence-electron chi connectivity index (χ1n) is 16.5. The first-order chi connectivity index (χ1) is 19.1. The lowest BCUT2D eigenvalue weighted by atomic mass is 9.34. The van der Waals surface area contributed by atoms with E-state index in [9.17, 15) is 9.90 Å². The second-order valence-electron chi connectivity index (χ2n) is 16.9. The number of fused-ring (bicyclic) bond motifs is 7. The standard InChI is InChI=1S/C37H55NO3/c1-32(2)18-20-37(38-31(40)24-10-9-11-25(22-24)41-8)21-19-35(6)26(27(37)23-32)12-13-29-34(5)16-15-30(39)33(3,4)28(34)14-17-36(29,35)7/h9-12,22,27-30,39H,13-21,23H2,1-8H3,(H,38,40). The van der Waals surface area contributed by atoms with E-state index in [1.807, 2.05) is 24.3 Å². The van der Waals surface area contributed by atoms with Gasteiger partial charge in [0.05, 0.1) is 13.2 Å². The van der Waals surface area contributed by atoms with Gasteiger partial charge in [-0.25, -0.2) is 0 Å². The van der Waals surface area contributed by atoms with Crippen LogP contribution >= 0.6 is 0 Å². The minimum absolute atomic E-state index is 0.0290. The largest absolute Gasteiger partial charge is 0.497 e. The molecule has 4 saturated carbocycles. The Morgan fingerprint density at radius 2 is 1.66 bits per heavy atom. The zero-order chi connectivity index (χ0) is 29.6. The van der Waals surface area contributed by atoms with Crippen molar-refractivity contribution in [3.8, 4) is 5.75 Å². The summed E-state index contributed by atoms with van der Waals surface area (Å²) in [6, 6.07) is 7.60. The average Bonchev–Trinajstić information content (AvgIpc) is 2.92. The molecular weight excluding hydrogens is 506 g/mol. The van der Waals surface area contributed by atoms with E-state index in [1.165, 1.54) is 12.8 Å². The zero-order valence-electron chi connectivity index (χ0n) is 27.0. The SMILES string of the molecule is COc1cccc(C(=O)NC23CCC(C)(C)CC2C2=CCC4C5(C)CCC(O)C(C)(C)C5CCC4(C)C2(C)CC3)c1. The molecule has 0 aliphatic heterocycles. The Kier molecular flexibility index (Phi) is 6.67. The summed E-state index contributed by atoms with van der Waals surface area (Å²) in [5.41, 5.74) is 2.99. The van der Waals surface area contributed by atoms with Gasteiger partial charge in [0.1, 0.15) is 5.75 Å². The van der Waals surface area contributed by atoms with Crippen molar-refractivity contribution in [2.45, 2.75) is 124 Å². The van der Waals surface area contributed by atoms with Gasteiger partial charge in [0.2, 0.25) is 0 Å². The molecule has 0 heterocycles. The fourth-order valence-electron chi connectivity index (χ4n) is 11.5. The molecule has 0 spiro atoms. The first-order valence-corrected chi connectivity index (χ1v) is 16.5. The summed E-state index contributed by atoms with van der Waals surface area (Å²) < 4.78 is 5.43. The van der Waals surface area contributed by atoms with Gasteiger partial charge in [-0.05, 0) is 121 Å². The van der Waals surface area contributed by atoms with Crippen LogP contribution in [0.4, 0.5) is 0 Å². The lowest BCUT2D eigenvalue weighted by molar-refractivity contribution is -0.201. The monoisotopic (exact) mass is 561 g/mol. The van der Waals surface area contributed by atoms with Crippen LogP contribution < -0.4 is 10.1 Å². The second kappa shape index (κ2) is 9.34. The summed E-state index contributed by atoms with van der Waals surface area (Å²) in [6.07, 6.45) is 13.6. The molecule has 5 aliphatic carbocycles. The normalized spacial score (nSPS) is 44.3. The van der Waals surface area contributed by atoms with Gasteiger partial charge in [-0.15, -0.1) is 0 Å². The predicted octanol–water partition coefficient (Wildman–Crippen LogP) is 8.34. The van der Waals surface area contributed by atoms with Crippen molar-refractivity contribution in [3.63, 3.8) is 0 Å². The van der Waals surface area contributed by atoms with Gasteiger partial charge in [-0.1, -0.05) is 66.2 Å². The summed E-state index contributed by atoms with van der Waals surface area (Å²) in [7, 11) is 1.66. The highest BCUT2D eigenvalue weighted by molar-refractivity contribution is 5.95. The average molecular weight is 562 g/mol. The Hall–Kier alpha value is -1.81. The van der Waals surface area contributed by atoms with Gasteiger partial charge in [-0.3, -0.25) is 4.79 Å². The van der Waals surface area contributed by atoms with E-state index in [0.717, 1.165) is 57.1 Å². The second-order valence-corrected chi connectivity index (χ2v) is 16.9. The van der Waals surface area contributed by atoms with E-state index in [2.05, 4.69) is 59.9 Å². The van der Waals surface area contributed by atoms with Crippen LogP contribution in [0.1, 0.15) is 123 Å². The van der Waals surface area contributed by atoms with Crippen LogP contribution in [-0.4, -0.2) is 29.8 Å². The number of nitrogens with one attached hydrogen (secondary N) is 1. The molecule has 4 fully saturated rings. The third-order valence-corrected chi connectivity index (χ3v) is 14.3. The molecule has 8 unspecified atom stereocenters. The van der Waals surface area contributed by atoms with Crippen molar-refractivity contribution in [2.75, 3.05) is 7.11 Å². The van der Waals surface area contributed by atoms with Crippen molar-refractivity contribution < 1.29 is 14.6 Å². The Morgan fingerprint density at radius 3 is 2.39 bits per heavy atom. The van der Waals surface area contributed by atoms with E-state index < -0.39 is 0 Å². The van der Waals surface area contributed by atoms with Gasteiger partial charge in [0.25, 0.3) is 5.91 Å². The Morgan fingerprint density at radius 1 is 0.927 bits per heavy atom. The Labute approximate surface area is 249 Å². The maximum atomic E-state index is 13.8. The van der Waals surface area contributed by atoms with Gasteiger partial charge in [-0.2, -0.15) is 0 Å². The summed E-state index contributed by atoms with van der Waals surface area (Å²) >= 11 is 0. The van der Waals surface area contributed by atoms with Crippen LogP contribution in [-0.2, 0) is 0 Å². The molecule has 8 atom stereocenters. The van der Waals surface area contributed by atoms with Gasteiger partial charge in [0, 0.05) is 17.0 Å². The molecule has 0 saturated heterocycles. The van der Waals surface area contributed by atoms with Gasteiger partial charge >= 0.3 is 0 Å². The number of carbonyl (C=O) groups excluding carboxylic acids is 1. The minimum atomic E-state index is -0.192. The van der Waals surface area contributed by atoms with Crippen LogP contribution in [0.3, 0.4) is 0 Å². The van der Waals surface area contributed by atoms with Crippen LogP contribution in [0.25, 0.3) is 0 Å². The van der Waals surface area contributed by atoms with Crippen molar-refractivity contribution in [3.05, 3.63) is 41.5 Å². The first kappa shape index (κ1) is 29.3. The van der Waals surface area contributed by atoms with Crippen molar-refractivity contribution >= 4 is 5.91 Å². The summed E-state index contributed by atoms with van der Waals surface area (Å²) in [4.78, 5) is 13.8. The fraction of sp³-hybridized carbons (Fsp3) is 0.757. The molecule has 1 aromatic rings. The lowest BCUT2D eigenvalue weighted by Gasteiger charge is -2.71. The van der Waals surface area contributed by atoms with E-state index in [-0.39, 0.29) is 44.6 Å². The van der Waals surface area contributed by atoms with Crippen molar-refractivity contribution in [2.24, 2.45) is 44.8 Å². The number of benzene rings is 1. The molecule has 2 N–H and O–H groups in total. The maximum Gasteiger partial charge on any atom is 0.251 e. The topological polar surface area (TPSA) is 58.6 Å². The van der Waals surface area contributed by atoms with Crippen LogP contribution in [0.5, 0.6) is 5.75 Å². The van der Waals surface area contributed by atoms with Crippen LogP contribution in [0, 0.1) is 44.8 Å². The molecule has 4 nitrogen and oxygen atoms in total. The van der Waals surface area contributed by atoms with E-state index in [0.29, 0.717) is 23.3 Å². The maximum absolute atomic E-state index is 13.8. The number of ether oxygens (including phenoxy) is 1. The van der Waals surface area contributed by atoms with Crippen LogP contribution in [0.2, 0.25) is 0 Å². The fourth-order valence-corrected chi connectivity index (χ4v) is 11.5. The molecule has 4 heteroatoms. The number of rotatable bonds is 3. The van der Waals surface area contributed by atoms with Crippen LogP contribution in [0.15, 0.2) is 35.9 Å². The number of hydrogen-bond acceptors (Lipinski definition) is 3. The zero-order valence-corrected chi connectivity index (χ0v) is 27.0. The molecule has 226 valence electrons. The predicted molar refractivity (Wildman–Crippen MR) is 166 cm³/mol.